The molecule has 17 heavy (non-hydrogen) atoms. The smallest absolute Gasteiger partial charge is 0.273 e. The molecule has 1 N–H and O–H groups in total. The monoisotopic (exact) mass is 298 g/mol. The first kappa shape index (κ1) is 12.4. The summed E-state index contributed by atoms with van der Waals surface area (Å²) < 4.78 is 0.755. The molecule has 1 aliphatic carbocycles. The van der Waals surface area contributed by atoms with E-state index in [4.69, 9.17) is 0 Å². The molecular weight excluding hydrogens is 284 g/mol. The van der Waals surface area contributed by atoms with Crippen LogP contribution in [-0.2, 0) is 0 Å². The van der Waals surface area contributed by atoms with Gasteiger partial charge in [-0.15, -0.1) is 0 Å². The fraction of sp³-hybridized carbons (Fsp3) is 0.500. The van der Waals surface area contributed by atoms with Crippen LogP contribution < -0.4 is 5.32 Å². The molecule has 1 saturated carbocycles. The van der Waals surface area contributed by atoms with Crippen molar-refractivity contribution in [2.75, 3.05) is 11.9 Å². The van der Waals surface area contributed by atoms with Crippen LogP contribution in [0.25, 0.3) is 0 Å². The highest BCUT2D eigenvalue weighted by atomic mass is 79.9. The summed E-state index contributed by atoms with van der Waals surface area (Å²) >= 11 is 3.37. The van der Waals surface area contributed by atoms with Crippen molar-refractivity contribution < 1.29 is 4.92 Å². The normalized spacial score (nSPS) is 14.7. The Hall–Kier alpha value is -1.10. The fourth-order valence-electron chi connectivity index (χ4n) is 1.82. The molecule has 0 bridgehead atoms. The number of benzene rings is 1. The maximum atomic E-state index is 10.8. The van der Waals surface area contributed by atoms with Gasteiger partial charge in [0.05, 0.1) is 4.92 Å². The molecule has 0 heterocycles. The first-order valence-electron chi connectivity index (χ1n) is 5.76. The second-order valence-electron chi connectivity index (χ2n) is 4.53. The zero-order valence-electron chi connectivity index (χ0n) is 9.70. The van der Waals surface area contributed by atoms with E-state index in [0.717, 1.165) is 22.6 Å². The first-order valence-corrected chi connectivity index (χ1v) is 6.55. The molecule has 5 heteroatoms. The number of halogens is 1. The molecule has 0 spiro atoms. The average molecular weight is 299 g/mol. The highest BCUT2D eigenvalue weighted by molar-refractivity contribution is 9.10. The Morgan fingerprint density at radius 2 is 2.24 bits per heavy atom. The van der Waals surface area contributed by atoms with Crippen LogP contribution in [0.3, 0.4) is 0 Å². The van der Waals surface area contributed by atoms with Gasteiger partial charge in [0.15, 0.2) is 0 Å². The molecule has 0 atom stereocenters. The van der Waals surface area contributed by atoms with Gasteiger partial charge in [0.25, 0.3) is 5.69 Å². The molecule has 4 nitrogen and oxygen atoms in total. The number of aryl methyl sites for hydroxylation is 1. The fourth-order valence-corrected chi connectivity index (χ4v) is 2.29. The maximum absolute atomic E-state index is 10.8. The minimum absolute atomic E-state index is 0.157. The van der Waals surface area contributed by atoms with Gasteiger partial charge in [-0.3, -0.25) is 10.1 Å². The number of hydrogen-bond acceptors (Lipinski definition) is 3. The summed E-state index contributed by atoms with van der Waals surface area (Å²) in [4.78, 5) is 10.4. The van der Waals surface area contributed by atoms with Gasteiger partial charge in [-0.1, -0.05) is 12.8 Å². The lowest BCUT2D eigenvalue weighted by atomic mass is 10.2. The van der Waals surface area contributed by atoms with Crippen LogP contribution in [0.2, 0.25) is 0 Å². The van der Waals surface area contributed by atoms with Crippen LogP contribution in [0.1, 0.15) is 24.8 Å². The Bertz CT molecular complexity index is 444. The second kappa shape index (κ2) is 5.04. The van der Waals surface area contributed by atoms with Crippen LogP contribution in [0.4, 0.5) is 11.4 Å². The lowest BCUT2D eigenvalue weighted by molar-refractivity contribution is -0.385. The molecule has 0 aromatic heterocycles. The van der Waals surface area contributed by atoms with E-state index >= 15 is 0 Å². The van der Waals surface area contributed by atoms with Gasteiger partial charge in [0, 0.05) is 28.3 Å². The summed E-state index contributed by atoms with van der Waals surface area (Å²) in [6.45, 7) is 2.69. The summed E-state index contributed by atoms with van der Waals surface area (Å²) in [5.41, 5.74) is 1.78. The predicted molar refractivity (Wildman–Crippen MR) is 71.4 cm³/mol. The Labute approximate surface area is 109 Å². The van der Waals surface area contributed by atoms with Crippen molar-refractivity contribution in [1.29, 1.82) is 0 Å². The molecule has 2 rings (SSSR count). The topological polar surface area (TPSA) is 55.2 Å². The third-order valence-corrected chi connectivity index (χ3v) is 3.70. The summed E-state index contributed by atoms with van der Waals surface area (Å²) in [6.07, 6.45) is 3.88. The molecule has 0 radical (unpaired) electrons. The SMILES string of the molecule is Cc1cc(NCCC2CC2)c(Br)cc1[N+](=O)[O-]. The zero-order valence-corrected chi connectivity index (χ0v) is 11.3. The largest absolute Gasteiger partial charge is 0.384 e. The van der Waals surface area contributed by atoms with E-state index in [1.165, 1.54) is 19.3 Å². The van der Waals surface area contributed by atoms with E-state index in [9.17, 15) is 10.1 Å². The van der Waals surface area contributed by atoms with Gasteiger partial charge in [-0.25, -0.2) is 0 Å². The van der Waals surface area contributed by atoms with Crippen molar-refractivity contribution in [2.45, 2.75) is 26.2 Å². The van der Waals surface area contributed by atoms with Gasteiger partial charge in [-0.2, -0.15) is 0 Å². The van der Waals surface area contributed by atoms with E-state index < -0.39 is 0 Å². The van der Waals surface area contributed by atoms with Gasteiger partial charge in [-0.05, 0) is 41.3 Å². The number of anilines is 1. The minimum Gasteiger partial charge on any atom is -0.384 e. The van der Waals surface area contributed by atoms with Gasteiger partial charge < -0.3 is 5.32 Å². The van der Waals surface area contributed by atoms with Crippen LogP contribution in [0, 0.1) is 23.0 Å². The molecule has 0 saturated heterocycles. The van der Waals surface area contributed by atoms with Crippen LogP contribution >= 0.6 is 15.9 Å². The zero-order chi connectivity index (χ0) is 12.4. The Morgan fingerprint density at radius 3 is 2.82 bits per heavy atom. The summed E-state index contributed by atoms with van der Waals surface area (Å²) in [6, 6.07) is 3.39. The van der Waals surface area contributed by atoms with Crippen molar-refractivity contribution in [2.24, 2.45) is 5.92 Å². The molecule has 1 aromatic rings. The Morgan fingerprint density at radius 1 is 1.53 bits per heavy atom. The van der Waals surface area contributed by atoms with Gasteiger partial charge in [0.1, 0.15) is 0 Å². The highest BCUT2D eigenvalue weighted by Gasteiger charge is 2.20. The van der Waals surface area contributed by atoms with Crippen molar-refractivity contribution >= 4 is 27.3 Å². The average Bonchev–Trinajstić information content (AvgIpc) is 3.06. The summed E-state index contributed by atoms with van der Waals surface area (Å²) in [5, 5.41) is 14.1. The summed E-state index contributed by atoms with van der Waals surface area (Å²) in [7, 11) is 0. The third-order valence-electron chi connectivity index (χ3n) is 3.05. The number of hydrogen-bond donors (Lipinski definition) is 1. The van der Waals surface area contributed by atoms with E-state index in [-0.39, 0.29) is 10.6 Å². The second-order valence-corrected chi connectivity index (χ2v) is 5.39. The first-order chi connectivity index (χ1) is 8.08. The highest BCUT2D eigenvalue weighted by Crippen LogP contribution is 2.33. The third kappa shape index (κ3) is 3.19. The molecule has 1 aliphatic rings. The van der Waals surface area contributed by atoms with E-state index in [0.29, 0.717) is 5.56 Å². The maximum Gasteiger partial charge on any atom is 0.273 e. The molecule has 0 unspecified atom stereocenters. The van der Waals surface area contributed by atoms with Crippen molar-refractivity contribution in [3.05, 3.63) is 32.3 Å². The van der Waals surface area contributed by atoms with Crippen LogP contribution in [-0.4, -0.2) is 11.5 Å². The van der Waals surface area contributed by atoms with E-state index in [1.54, 1.807) is 13.0 Å². The van der Waals surface area contributed by atoms with Crippen molar-refractivity contribution in [1.82, 2.24) is 0 Å². The summed E-state index contributed by atoms with van der Waals surface area (Å²) in [5.74, 6) is 0.889. The lowest BCUT2D eigenvalue weighted by Crippen LogP contribution is -2.04. The van der Waals surface area contributed by atoms with Crippen molar-refractivity contribution in [3.8, 4) is 0 Å². The van der Waals surface area contributed by atoms with Crippen molar-refractivity contribution in [3.63, 3.8) is 0 Å². The number of nitrogens with one attached hydrogen (secondary N) is 1. The number of nitro groups is 1. The number of nitrogens with zero attached hydrogens (tertiary/aromatic N) is 1. The molecule has 1 aromatic carbocycles. The standard InChI is InChI=1S/C12H15BrN2O2/c1-8-6-11(14-5-4-9-2-3-9)10(13)7-12(8)15(16)17/h6-7,9,14H,2-5H2,1H3. The molecule has 1 fully saturated rings. The van der Waals surface area contributed by atoms with Gasteiger partial charge in [0.2, 0.25) is 0 Å². The predicted octanol–water partition coefficient (Wildman–Crippen LogP) is 3.88. The lowest BCUT2D eigenvalue weighted by Gasteiger charge is -2.09. The number of nitro benzene ring substituents is 1. The molecular formula is C12H15BrN2O2. The van der Waals surface area contributed by atoms with Gasteiger partial charge >= 0.3 is 0 Å². The van der Waals surface area contributed by atoms with Crippen LogP contribution in [0.15, 0.2) is 16.6 Å². The Balaban J connectivity index is 2.05. The molecule has 0 amide bonds. The minimum atomic E-state index is -0.353. The quantitative estimate of drug-likeness (QED) is 0.663. The van der Waals surface area contributed by atoms with E-state index in [1.807, 2.05) is 6.07 Å². The molecule has 92 valence electrons. The molecule has 0 aliphatic heterocycles. The van der Waals surface area contributed by atoms with Crippen LogP contribution in [0.5, 0.6) is 0 Å². The number of rotatable bonds is 5. The van der Waals surface area contributed by atoms with E-state index in [2.05, 4.69) is 21.2 Å². The Kier molecular flexibility index (Phi) is 3.66.